The summed E-state index contributed by atoms with van der Waals surface area (Å²) in [7, 11) is 0. The van der Waals surface area contributed by atoms with Crippen LogP contribution in [0.4, 0.5) is 0 Å². The van der Waals surface area contributed by atoms with Crippen molar-refractivity contribution in [2.45, 2.75) is 20.3 Å². The maximum absolute atomic E-state index is 10.4. The number of hydrogen-bond acceptors (Lipinski definition) is 2. The lowest BCUT2D eigenvalue weighted by atomic mass is 9.97. The first-order chi connectivity index (χ1) is 6.47. The smallest absolute Gasteiger partial charge is 0.328 e. The molecular formula is C10H14O4. The fourth-order valence-electron chi connectivity index (χ4n) is 0.900. The maximum Gasteiger partial charge on any atom is 0.328 e. The molecule has 0 aliphatic heterocycles. The Balaban J connectivity index is 4.73. The SMILES string of the molecule is CCC(C)C(/C=C\C(=O)O)=C/C(=O)O. The van der Waals surface area contributed by atoms with E-state index in [2.05, 4.69) is 0 Å². The van der Waals surface area contributed by atoms with E-state index >= 15 is 0 Å². The highest BCUT2D eigenvalue weighted by molar-refractivity contribution is 5.83. The van der Waals surface area contributed by atoms with Gasteiger partial charge in [0, 0.05) is 12.2 Å². The van der Waals surface area contributed by atoms with Crippen LogP contribution in [0, 0.1) is 5.92 Å². The average Bonchev–Trinajstić information content (AvgIpc) is 2.10. The van der Waals surface area contributed by atoms with Crippen molar-refractivity contribution < 1.29 is 19.8 Å². The van der Waals surface area contributed by atoms with Gasteiger partial charge in [-0.1, -0.05) is 19.9 Å². The van der Waals surface area contributed by atoms with Gasteiger partial charge in [0.25, 0.3) is 0 Å². The van der Waals surface area contributed by atoms with Crippen LogP contribution in [-0.2, 0) is 9.59 Å². The van der Waals surface area contributed by atoms with E-state index in [9.17, 15) is 9.59 Å². The summed E-state index contributed by atoms with van der Waals surface area (Å²) in [6, 6.07) is 0. The van der Waals surface area contributed by atoms with Gasteiger partial charge in [-0.2, -0.15) is 0 Å². The van der Waals surface area contributed by atoms with Gasteiger partial charge in [-0.25, -0.2) is 9.59 Å². The first kappa shape index (κ1) is 12.4. The summed E-state index contributed by atoms with van der Waals surface area (Å²) in [5.41, 5.74) is 0.516. The molecule has 0 heterocycles. The Morgan fingerprint density at radius 2 is 1.79 bits per heavy atom. The highest BCUT2D eigenvalue weighted by Gasteiger charge is 2.05. The number of carboxylic acids is 2. The van der Waals surface area contributed by atoms with Crippen LogP contribution in [0.1, 0.15) is 20.3 Å². The van der Waals surface area contributed by atoms with Crippen molar-refractivity contribution in [2.24, 2.45) is 5.92 Å². The molecule has 78 valence electrons. The first-order valence-electron chi connectivity index (χ1n) is 4.32. The second-order valence-corrected chi connectivity index (χ2v) is 2.96. The zero-order valence-electron chi connectivity index (χ0n) is 8.23. The van der Waals surface area contributed by atoms with E-state index < -0.39 is 11.9 Å². The average molecular weight is 198 g/mol. The molecule has 0 saturated carbocycles. The van der Waals surface area contributed by atoms with Crippen LogP contribution in [-0.4, -0.2) is 22.2 Å². The summed E-state index contributed by atoms with van der Waals surface area (Å²) in [4.78, 5) is 20.7. The van der Waals surface area contributed by atoms with Crippen molar-refractivity contribution in [3.8, 4) is 0 Å². The largest absolute Gasteiger partial charge is 0.478 e. The van der Waals surface area contributed by atoms with Crippen molar-refractivity contribution in [1.29, 1.82) is 0 Å². The summed E-state index contributed by atoms with van der Waals surface area (Å²) in [6.45, 7) is 3.76. The van der Waals surface area contributed by atoms with E-state index in [4.69, 9.17) is 10.2 Å². The van der Waals surface area contributed by atoms with Crippen LogP contribution >= 0.6 is 0 Å². The van der Waals surface area contributed by atoms with Gasteiger partial charge >= 0.3 is 11.9 Å². The highest BCUT2D eigenvalue weighted by atomic mass is 16.4. The second kappa shape index (κ2) is 5.96. The number of carboxylic acid groups (broad SMARTS) is 2. The summed E-state index contributed by atoms with van der Waals surface area (Å²) in [5, 5.41) is 16.9. The van der Waals surface area contributed by atoms with Gasteiger partial charge < -0.3 is 10.2 Å². The van der Waals surface area contributed by atoms with Crippen LogP contribution in [0.15, 0.2) is 23.8 Å². The third-order valence-electron chi connectivity index (χ3n) is 1.89. The lowest BCUT2D eigenvalue weighted by Gasteiger charge is -2.08. The van der Waals surface area contributed by atoms with Crippen LogP contribution in [0.5, 0.6) is 0 Å². The normalized spacial score (nSPS) is 14.3. The topological polar surface area (TPSA) is 74.6 Å². The van der Waals surface area contributed by atoms with Crippen molar-refractivity contribution >= 4 is 11.9 Å². The molecule has 0 amide bonds. The van der Waals surface area contributed by atoms with Gasteiger partial charge in [0.2, 0.25) is 0 Å². The summed E-state index contributed by atoms with van der Waals surface area (Å²) >= 11 is 0. The van der Waals surface area contributed by atoms with E-state index in [1.165, 1.54) is 6.08 Å². The maximum atomic E-state index is 10.4. The predicted molar refractivity (Wildman–Crippen MR) is 51.9 cm³/mol. The molecule has 1 atom stereocenters. The Bertz CT molecular complexity index is 276. The van der Waals surface area contributed by atoms with Crippen LogP contribution in [0.3, 0.4) is 0 Å². The predicted octanol–water partition coefficient (Wildman–Crippen LogP) is 1.68. The molecule has 1 unspecified atom stereocenters. The molecule has 2 N–H and O–H groups in total. The molecule has 0 rings (SSSR count). The molecule has 0 fully saturated rings. The van der Waals surface area contributed by atoms with E-state index in [1.807, 2.05) is 13.8 Å². The Morgan fingerprint density at radius 1 is 1.21 bits per heavy atom. The fraction of sp³-hybridized carbons (Fsp3) is 0.400. The summed E-state index contributed by atoms with van der Waals surface area (Å²) in [6.07, 6.45) is 4.07. The molecule has 0 spiro atoms. The zero-order chi connectivity index (χ0) is 11.1. The Labute approximate surface area is 82.6 Å². The third-order valence-corrected chi connectivity index (χ3v) is 1.89. The summed E-state index contributed by atoms with van der Waals surface area (Å²) < 4.78 is 0. The fourth-order valence-corrected chi connectivity index (χ4v) is 0.900. The molecule has 0 aromatic carbocycles. The molecule has 14 heavy (non-hydrogen) atoms. The van der Waals surface area contributed by atoms with E-state index in [0.29, 0.717) is 5.57 Å². The molecule has 4 nitrogen and oxygen atoms in total. The Morgan fingerprint density at radius 3 is 2.14 bits per heavy atom. The molecule has 0 aliphatic rings. The minimum atomic E-state index is -1.08. The van der Waals surface area contributed by atoms with Gasteiger partial charge in [0.1, 0.15) is 0 Å². The molecular weight excluding hydrogens is 184 g/mol. The minimum absolute atomic E-state index is 0.0432. The van der Waals surface area contributed by atoms with E-state index in [-0.39, 0.29) is 5.92 Å². The van der Waals surface area contributed by atoms with Crippen molar-refractivity contribution in [2.75, 3.05) is 0 Å². The zero-order valence-corrected chi connectivity index (χ0v) is 8.23. The number of rotatable bonds is 5. The Kier molecular flexibility index (Phi) is 5.29. The number of carbonyl (C=O) groups is 2. The Hall–Kier alpha value is -1.58. The van der Waals surface area contributed by atoms with Crippen molar-refractivity contribution in [3.63, 3.8) is 0 Å². The minimum Gasteiger partial charge on any atom is -0.478 e. The molecule has 0 radical (unpaired) electrons. The summed E-state index contributed by atoms with van der Waals surface area (Å²) in [5.74, 6) is -2.10. The van der Waals surface area contributed by atoms with E-state index in [1.54, 1.807) is 0 Å². The highest BCUT2D eigenvalue weighted by Crippen LogP contribution is 2.15. The van der Waals surface area contributed by atoms with Gasteiger partial charge in [-0.05, 0) is 17.9 Å². The standard InChI is InChI=1S/C10H14O4/c1-3-7(2)8(6-10(13)14)4-5-9(11)12/h4-7H,3H2,1-2H3,(H,11,12)(H,13,14)/b5-4-,8-6+. The van der Waals surface area contributed by atoms with E-state index in [0.717, 1.165) is 18.6 Å². The number of hydrogen-bond donors (Lipinski definition) is 2. The van der Waals surface area contributed by atoms with Crippen molar-refractivity contribution in [1.82, 2.24) is 0 Å². The number of aliphatic carboxylic acids is 2. The first-order valence-corrected chi connectivity index (χ1v) is 4.32. The molecule has 0 bridgehead atoms. The monoisotopic (exact) mass is 198 g/mol. The lowest BCUT2D eigenvalue weighted by Crippen LogP contribution is -2.00. The van der Waals surface area contributed by atoms with Gasteiger partial charge in [-0.3, -0.25) is 0 Å². The third kappa shape index (κ3) is 5.13. The van der Waals surface area contributed by atoms with Gasteiger partial charge in [0.15, 0.2) is 0 Å². The van der Waals surface area contributed by atoms with Gasteiger partial charge in [-0.15, -0.1) is 0 Å². The van der Waals surface area contributed by atoms with Crippen LogP contribution in [0.2, 0.25) is 0 Å². The molecule has 0 aliphatic carbocycles. The van der Waals surface area contributed by atoms with Crippen LogP contribution in [0.25, 0.3) is 0 Å². The molecule has 0 saturated heterocycles. The molecule has 0 aromatic heterocycles. The second-order valence-electron chi connectivity index (χ2n) is 2.96. The quantitative estimate of drug-likeness (QED) is 0.520. The molecule has 4 heteroatoms. The lowest BCUT2D eigenvalue weighted by molar-refractivity contribution is -0.132. The molecule has 0 aromatic rings. The van der Waals surface area contributed by atoms with Crippen LogP contribution < -0.4 is 0 Å². The number of allylic oxidation sites excluding steroid dienone is 2. The van der Waals surface area contributed by atoms with Gasteiger partial charge in [0.05, 0.1) is 0 Å². The van der Waals surface area contributed by atoms with Crippen molar-refractivity contribution in [3.05, 3.63) is 23.8 Å².